The SMILES string of the molecule is O=S(=O)(NCCN1CCCOC(Cc2ccc(F)cc2)C1)c1c(Cl)cccc1Cl. The van der Waals surface area contributed by atoms with E-state index in [1.54, 1.807) is 18.2 Å². The molecule has 1 atom stereocenters. The maximum Gasteiger partial charge on any atom is 0.243 e. The van der Waals surface area contributed by atoms with E-state index < -0.39 is 10.0 Å². The second-order valence-corrected chi connectivity index (χ2v) is 9.44. The summed E-state index contributed by atoms with van der Waals surface area (Å²) >= 11 is 12.0. The fraction of sp³-hybridized carbons (Fsp3) is 0.400. The molecule has 5 nitrogen and oxygen atoms in total. The molecule has 0 amide bonds. The molecular weight excluding hydrogens is 438 g/mol. The van der Waals surface area contributed by atoms with Gasteiger partial charge in [-0.3, -0.25) is 4.90 Å². The summed E-state index contributed by atoms with van der Waals surface area (Å²) < 4.78 is 46.7. The Balaban J connectivity index is 1.56. The lowest BCUT2D eigenvalue weighted by atomic mass is 10.1. The number of hydrogen-bond acceptors (Lipinski definition) is 4. The van der Waals surface area contributed by atoms with Gasteiger partial charge in [0.25, 0.3) is 0 Å². The highest BCUT2D eigenvalue weighted by molar-refractivity contribution is 7.89. The van der Waals surface area contributed by atoms with E-state index in [0.29, 0.717) is 26.1 Å². The maximum absolute atomic E-state index is 13.1. The van der Waals surface area contributed by atoms with Crippen molar-refractivity contribution >= 4 is 33.2 Å². The van der Waals surface area contributed by atoms with Crippen molar-refractivity contribution in [2.45, 2.75) is 23.8 Å². The largest absolute Gasteiger partial charge is 0.376 e. The van der Waals surface area contributed by atoms with Gasteiger partial charge in [-0.1, -0.05) is 41.4 Å². The van der Waals surface area contributed by atoms with Crippen molar-refractivity contribution in [3.63, 3.8) is 0 Å². The number of hydrogen-bond donors (Lipinski definition) is 1. The molecule has 0 bridgehead atoms. The quantitative estimate of drug-likeness (QED) is 0.683. The monoisotopic (exact) mass is 460 g/mol. The van der Waals surface area contributed by atoms with Crippen LogP contribution < -0.4 is 4.72 Å². The predicted molar refractivity (Wildman–Crippen MR) is 113 cm³/mol. The van der Waals surface area contributed by atoms with Gasteiger partial charge in [-0.25, -0.2) is 17.5 Å². The Hall–Kier alpha value is -1.22. The maximum atomic E-state index is 13.1. The standard InChI is InChI=1S/C20H23Cl2FN2O3S/c21-18-3-1-4-19(22)20(18)29(26,27)24-9-11-25-10-2-12-28-17(14-25)13-15-5-7-16(23)8-6-15/h1,3-8,17,24H,2,9-14H2. The lowest BCUT2D eigenvalue weighted by Gasteiger charge is -2.24. The Labute approximate surface area is 180 Å². The molecule has 1 N–H and O–H groups in total. The molecule has 1 saturated heterocycles. The third-order valence-electron chi connectivity index (χ3n) is 4.72. The summed E-state index contributed by atoms with van der Waals surface area (Å²) in [5.74, 6) is -0.261. The molecule has 0 saturated carbocycles. The number of benzene rings is 2. The minimum absolute atomic E-state index is 0.0300. The van der Waals surface area contributed by atoms with Crippen molar-refractivity contribution in [1.82, 2.24) is 9.62 Å². The smallest absolute Gasteiger partial charge is 0.243 e. The molecule has 2 aromatic rings. The average Bonchev–Trinajstić information content (AvgIpc) is 2.88. The molecule has 2 aromatic carbocycles. The van der Waals surface area contributed by atoms with Gasteiger partial charge in [0.05, 0.1) is 16.1 Å². The van der Waals surface area contributed by atoms with E-state index in [9.17, 15) is 12.8 Å². The molecule has 1 heterocycles. The molecule has 1 fully saturated rings. The number of ether oxygens (including phenoxy) is 1. The molecule has 0 aliphatic carbocycles. The van der Waals surface area contributed by atoms with Crippen LogP contribution >= 0.6 is 23.2 Å². The van der Waals surface area contributed by atoms with Gasteiger partial charge in [-0.2, -0.15) is 0 Å². The van der Waals surface area contributed by atoms with Crippen LogP contribution in [0.3, 0.4) is 0 Å². The van der Waals surface area contributed by atoms with Crippen LogP contribution in [0.5, 0.6) is 0 Å². The molecule has 0 aromatic heterocycles. The van der Waals surface area contributed by atoms with E-state index >= 15 is 0 Å². The molecule has 1 aliphatic heterocycles. The summed E-state index contributed by atoms with van der Waals surface area (Å²) in [6, 6.07) is 11.0. The molecular formula is C20H23Cl2FN2O3S. The van der Waals surface area contributed by atoms with Crippen LogP contribution in [0.25, 0.3) is 0 Å². The van der Waals surface area contributed by atoms with E-state index in [1.165, 1.54) is 24.3 Å². The van der Waals surface area contributed by atoms with Crippen LogP contribution in [0.1, 0.15) is 12.0 Å². The van der Waals surface area contributed by atoms with Gasteiger partial charge in [0, 0.05) is 32.8 Å². The molecule has 0 radical (unpaired) electrons. The highest BCUT2D eigenvalue weighted by atomic mass is 35.5. The zero-order valence-electron chi connectivity index (χ0n) is 15.8. The lowest BCUT2D eigenvalue weighted by Crippen LogP contribution is -2.39. The summed E-state index contributed by atoms with van der Waals surface area (Å²) in [5, 5.41) is 0.181. The van der Waals surface area contributed by atoms with E-state index in [0.717, 1.165) is 18.5 Å². The molecule has 158 valence electrons. The molecule has 29 heavy (non-hydrogen) atoms. The number of rotatable bonds is 7. The number of nitrogens with one attached hydrogen (secondary N) is 1. The van der Waals surface area contributed by atoms with Crippen LogP contribution in [0.4, 0.5) is 4.39 Å². The van der Waals surface area contributed by atoms with Crippen molar-refractivity contribution in [3.05, 3.63) is 63.9 Å². The number of nitrogens with zero attached hydrogens (tertiary/aromatic N) is 1. The third kappa shape index (κ3) is 6.38. The molecule has 3 rings (SSSR count). The van der Waals surface area contributed by atoms with Crippen molar-refractivity contribution in [2.75, 3.05) is 32.8 Å². The average molecular weight is 461 g/mol. The van der Waals surface area contributed by atoms with E-state index in [2.05, 4.69) is 9.62 Å². The van der Waals surface area contributed by atoms with E-state index in [4.69, 9.17) is 27.9 Å². The van der Waals surface area contributed by atoms with Gasteiger partial charge < -0.3 is 4.74 Å². The Morgan fingerprint density at radius 2 is 1.83 bits per heavy atom. The normalized spacial score (nSPS) is 18.5. The molecule has 0 spiro atoms. The second-order valence-electron chi connectivity index (χ2n) is 6.93. The van der Waals surface area contributed by atoms with Gasteiger partial charge in [-0.05, 0) is 42.7 Å². The van der Waals surface area contributed by atoms with Crippen LogP contribution in [0, 0.1) is 5.82 Å². The highest BCUT2D eigenvalue weighted by Crippen LogP contribution is 2.28. The van der Waals surface area contributed by atoms with Crippen LogP contribution in [0.2, 0.25) is 10.0 Å². The fourth-order valence-electron chi connectivity index (χ4n) is 3.33. The van der Waals surface area contributed by atoms with Gasteiger partial charge in [0.15, 0.2) is 0 Å². The van der Waals surface area contributed by atoms with Crippen LogP contribution in [-0.4, -0.2) is 52.2 Å². The zero-order valence-corrected chi connectivity index (χ0v) is 18.1. The first-order valence-corrected chi connectivity index (χ1v) is 11.6. The van der Waals surface area contributed by atoms with Crippen molar-refractivity contribution in [3.8, 4) is 0 Å². The zero-order chi connectivity index (χ0) is 20.9. The van der Waals surface area contributed by atoms with Gasteiger partial charge >= 0.3 is 0 Å². The summed E-state index contributed by atoms with van der Waals surface area (Å²) in [6.07, 6.45) is 1.51. The minimum Gasteiger partial charge on any atom is -0.376 e. The van der Waals surface area contributed by atoms with E-state index in [-0.39, 0.29) is 33.4 Å². The highest BCUT2D eigenvalue weighted by Gasteiger charge is 2.23. The molecule has 1 aliphatic rings. The summed E-state index contributed by atoms with van der Waals surface area (Å²) in [6.45, 7) is 2.89. The molecule has 1 unspecified atom stereocenters. The van der Waals surface area contributed by atoms with Crippen molar-refractivity contribution in [2.24, 2.45) is 0 Å². The summed E-state index contributed by atoms with van der Waals surface area (Å²) in [5.41, 5.74) is 1.01. The first-order chi connectivity index (χ1) is 13.8. The summed E-state index contributed by atoms with van der Waals surface area (Å²) in [4.78, 5) is 2.06. The fourth-order valence-corrected chi connectivity index (χ4v) is 5.49. The van der Waals surface area contributed by atoms with Gasteiger partial charge in [0.1, 0.15) is 10.7 Å². The van der Waals surface area contributed by atoms with Crippen molar-refractivity contribution < 1.29 is 17.5 Å². The molecule has 9 heteroatoms. The Bertz CT molecular complexity index is 906. The Kier molecular flexibility index (Phi) is 7.90. The second kappa shape index (κ2) is 10.2. The topological polar surface area (TPSA) is 58.6 Å². The Morgan fingerprint density at radius 1 is 1.14 bits per heavy atom. The van der Waals surface area contributed by atoms with Gasteiger partial charge in [0.2, 0.25) is 10.0 Å². The minimum atomic E-state index is -3.81. The predicted octanol–water partition coefficient (Wildman–Crippen LogP) is 3.74. The summed E-state index contributed by atoms with van der Waals surface area (Å²) in [7, 11) is -3.81. The number of halogens is 3. The lowest BCUT2D eigenvalue weighted by molar-refractivity contribution is 0.0551. The first-order valence-electron chi connectivity index (χ1n) is 9.37. The van der Waals surface area contributed by atoms with E-state index in [1.807, 2.05) is 0 Å². The Morgan fingerprint density at radius 3 is 2.52 bits per heavy atom. The van der Waals surface area contributed by atoms with Gasteiger partial charge in [-0.15, -0.1) is 0 Å². The first kappa shape index (κ1) is 22.5. The van der Waals surface area contributed by atoms with Crippen molar-refractivity contribution in [1.29, 1.82) is 0 Å². The van der Waals surface area contributed by atoms with Crippen LogP contribution in [0.15, 0.2) is 47.4 Å². The third-order valence-corrected chi connectivity index (χ3v) is 7.13. The van der Waals surface area contributed by atoms with Crippen LogP contribution in [-0.2, 0) is 21.2 Å². The number of sulfonamides is 1.